The number of nitrogens with two attached hydrogens (primary N) is 1. The quantitative estimate of drug-likeness (QED) is 0.670. The van der Waals surface area contributed by atoms with E-state index in [4.69, 9.17) is 15.7 Å². The van der Waals surface area contributed by atoms with Crippen LogP contribution in [0.3, 0.4) is 0 Å². The highest BCUT2D eigenvalue weighted by molar-refractivity contribution is 7.89. The number of ether oxygens (including phenoxy) is 1. The van der Waals surface area contributed by atoms with Gasteiger partial charge in [-0.15, -0.1) is 0 Å². The third kappa shape index (κ3) is 3.71. The smallest absolute Gasteiger partial charge is 0.241 e. The first-order valence-electron chi connectivity index (χ1n) is 6.46. The van der Waals surface area contributed by atoms with Gasteiger partial charge < -0.3 is 15.6 Å². The Labute approximate surface area is 123 Å². The van der Waals surface area contributed by atoms with Crippen LogP contribution in [0.5, 0.6) is 0 Å². The molecule has 4 N–H and O–H groups in total. The number of sulfonamides is 1. The van der Waals surface area contributed by atoms with Crippen LogP contribution in [-0.4, -0.2) is 38.9 Å². The number of nitrogens with zero attached hydrogens (tertiary/aromatic N) is 1. The number of nitrogens with one attached hydrogen (secondary N) is 1. The highest BCUT2D eigenvalue weighted by atomic mass is 32.2. The second kappa shape index (κ2) is 5.99. The Bertz CT molecular complexity index is 660. The summed E-state index contributed by atoms with van der Waals surface area (Å²) in [6, 6.07) is 5.81. The summed E-state index contributed by atoms with van der Waals surface area (Å²) in [5.41, 5.74) is 4.71. The summed E-state index contributed by atoms with van der Waals surface area (Å²) < 4.78 is 32.0. The molecule has 21 heavy (non-hydrogen) atoms. The normalized spacial score (nSPS) is 18.1. The van der Waals surface area contributed by atoms with Gasteiger partial charge in [0, 0.05) is 38.3 Å². The molecule has 1 aliphatic heterocycles. The van der Waals surface area contributed by atoms with Gasteiger partial charge in [-0.1, -0.05) is 0 Å². The number of nitriles is 1. The van der Waals surface area contributed by atoms with Crippen molar-refractivity contribution in [2.24, 2.45) is 0 Å². The van der Waals surface area contributed by atoms with Crippen LogP contribution in [0.25, 0.3) is 0 Å². The average Bonchev–Trinajstić information content (AvgIpc) is 2.46. The Morgan fingerprint density at radius 2 is 2.10 bits per heavy atom. The van der Waals surface area contributed by atoms with Crippen LogP contribution in [-0.2, 0) is 14.8 Å². The van der Waals surface area contributed by atoms with Gasteiger partial charge in [0.25, 0.3) is 0 Å². The minimum absolute atomic E-state index is 0.0264. The predicted molar refractivity (Wildman–Crippen MR) is 75.8 cm³/mol. The fourth-order valence-electron chi connectivity index (χ4n) is 2.10. The van der Waals surface area contributed by atoms with Crippen LogP contribution >= 0.6 is 0 Å². The number of anilines is 1. The Morgan fingerprint density at radius 1 is 1.43 bits per heavy atom. The second-order valence-electron chi connectivity index (χ2n) is 5.03. The molecule has 0 atom stereocenters. The Kier molecular flexibility index (Phi) is 4.49. The van der Waals surface area contributed by atoms with Crippen LogP contribution in [0, 0.1) is 11.3 Å². The Hall–Kier alpha value is -1.66. The first-order valence-corrected chi connectivity index (χ1v) is 7.94. The van der Waals surface area contributed by atoms with E-state index in [0.717, 1.165) is 0 Å². The standard InChI is InChI=1S/C13H17N3O4S/c14-8-10-7-11(15)1-2-12(10)21(18,19)16-9-13(17)3-5-20-6-4-13/h1-2,7,16-17H,3-6,9,15H2. The van der Waals surface area contributed by atoms with E-state index in [-0.39, 0.29) is 17.0 Å². The molecule has 0 amide bonds. The van der Waals surface area contributed by atoms with E-state index in [9.17, 15) is 13.5 Å². The highest BCUT2D eigenvalue weighted by Crippen LogP contribution is 2.22. The molecule has 2 rings (SSSR count). The summed E-state index contributed by atoms with van der Waals surface area (Å²) in [5, 5.41) is 19.3. The maximum atomic E-state index is 12.3. The van der Waals surface area contributed by atoms with Crippen molar-refractivity contribution in [3.05, 3.63) is 23.8 Å². The lowest BCUT2D eigenvalue weighted by molar-refractivity contribution is -0.0588. The summed E-state index contributed by atoms with van der Waals surface area (Å²) in [6.07, 6.45) is 0.727. The SMILES string of the molecule is N#Cc1cc(N)ccc1S(=O)(=O)NCC1(O)CCOCC1. The molecule has 1 heterocycles. The van der Waals surface area contributed by atoms with E-state index in [2.05, 4.69) is 4.72 Å². The average molecular weight is 311 g/mol. The van der Waals surface area contributed by atoms with E-state index in [1.54, 1.807) is 0 Å². The number of hydrogen-bond donors (Lipinski definition) is 3. The molecule has 0 unspecified atom stereocenters. The first-order chi connectivity index (χ1) is 9.86. The zero-order valence-electron chi connectivity index (χ0n) is 11.4. The van der Waals surface area contributed by atoms with Crippen molar-refractivity contribution < 1.29 is 18.3 Å². The van der Waals surface area contributed by atoms with Crippen molar-refractivity contribution in [2.45, 2.75) is 23.3 Å². The predicted octanol–water partition coefficient (Wildman–Crippen LogP) is -0.0397. The van der Waals surface area contributed by atoms with Crippen molar-refractivity contribution in [1.82, 2.24) is 4.72 Å². The molecule has 1 aromatic carbocycles. The lowest BCUT2D eigenvalue weighted by Crippen LogP contribution is -2.46. The monoisotopic (exact) mass is 311 g/mol. The number of hydrogen-bond acceptors (Lipinski definition) is 6. The second-order valence-corrected chi connectivity index (χ2v) is 6.76. The molecule has 0 aromatic heterocycles. The van der Waals surface area contributed by atoms with Crippen LogP contribution in [0.15, 0.2) is 23.1 Å². The largest absolute Gasteiger partial charge is 0.399 e. The highest BCUT2D eigenvalue weighted by Gasteiger charge is 2.32. The summed E-state index contributed by atoms with van der Waals surface area (Å²) >= 11 is 0. The van der Waals surface area contributed by atoms with Crippen molar-refractivity contribution in [1.29, 1.82) is 5.26 Å². The van der Waals surface area contributed by atoms with E-state index in [1.807, 2.05) is 6.07 Å². The van der Waals surface area contributed by atoms with Crippen molar-refractivity contribution >= 4 is 15.7 Å². The third-order valence-corrected chi connectivity index (χ3v) is 4.89. The topological polar surface area (TPSA) is 125 Å². The van der Waals surface area contributed by atoms with Gasteiger partial charge in [-0.25, -0.2) is 13.1 Å². The maximum Gasteiger partial charge on any atom is 0.241 e. The van der Waals surface area contributed by atoms with Gasteiger partial charge in [0.15, 0.2) is 0 Å². The van der Waals surface area contributed by atoms with E-state index < -0.39 is 15.6 Å². The van der Waals surface area contributed by atoms with Crippen molar-refractivity contribution in [3.8, 4) is 6.07 Å². The fraction of sp³-hybridized carbons (Fsp3) is 0.462. The molecule has 0 spiro atoms. The number of rotatable bonds is 4. The van der Waals surface area contributed by atoms with Gasteiger partial charge in [0.2, 0.25) is 10.0 Å². The molecule has 1 aromatic rings. The number of aliphatic hydroxyl groups is 1. The van der Waals surface area contributed by atoms with Gasteiger partial charge >= 0.3 is 0 Å². The third-order valence-electron chi connectivity index (χ3n) is 3.43. The number of benzene rings is 1. The fourth-order valence-corrected chi connectivity index (χ4v) is 3.36. The molecule has 1 aliphatic rings. The molecule has 0 aliphatic carbocycles. The molecule has 0 bridgehead atoms. The van der Waals surface area contributed by atoms with E-state index in [0.29, 0.717) is 31.7 Å². The molecule has 7 nitrogen and oxygen atoms in total. The van der Waals surface area contributed by atoms with Gasteiger partial charge in [0.05, 0.1) is 16.1 Å². The zero-order chi connectivity index (χ0) is 15.5. The molecular formula is C13H17N3O4S. The minimum atomic E-state index is -3.89. The van der Waals surface area contributed by atoms with Crippen LogP contribution in [0.2, 0.25) is 0 Å². The first kappa shape index (κ1) is 15.7. The van der Waals surface area contributed by atoms with Crippen LogP contribution in [0.1, 0.15) is 18.4 Å². The summed E-state index contributed by atoms with van der Waals surface area (Å²) in [7, 11) is -3.89. The zero-order valence-corrected chi connectivity index (χ0v) is 12.2. The van der Waals surface area contributed by atoms with Crippen molar-refractivity contribution in [2.75, 3.05) is 25.5 Å². The van der Waals surface area contributed by atoms with Gasteiger partial charge in [0.1, 0.15) is 6.07 Å². The molecule has 0 radical (unpaired) electrons. The summed E-state index contributed by atoms with van der Waals surface area (Å²) in [5.74, 6) is 0. The molecule has 1 fully saturated rings. The maximum absolute atomic E-state index is 12.3. The minimum Gasteiger partial charge on any atom is -0.399 e. The molecule has 1 saturated heterocycles. The summed E-state index contributed by atoms with van der Waals surface area (Å²) in [6.45, 7) is 0.668. The molecule has 0 saturated carbocycles. The van der Waals surface area contributed by atoms with Gasteiger partial charge in [-0.2, -0.15) is 5.26 Å². The molecule has 114 valence electrons. The van der Waals surface area contributed by atoms with Gasteiger partial charge in [-0.05, 0) is 18.2 Å². The van der Waals surface area contributed by atoms with E-state index >= 15 is 0 Å². The number of nitrogen functional groups attached to an aromatic ring is 1. The molecule has 8 heteroatoms. The van der Waals surface area contributed by atoms with E-state index in [1.165, 1.54) is 18.2 Å². The van der Waals surface area contributed by atoms with Crippen LogP contribution in [0.4, 0.5) is 5.69 Å². The summed E-state index contributed by atoms with van der Waals surface area (Å²) in [4.78, 5) is -0.144. The van der Waals surface area contributed by atoms with Crippen LogP contribution < -0.4 is 10.5 Å². The lowest BCUT2D eigenvalue weighted by Gasteiger charge is -2.32. The molecular weight excluding hydrogens is 294 g/mol. The van der Waals surface area contributed by atoms with Gasteiger partial charge in [-0.3, -0.25) is 0 Å². The Morgan fingerprint density at radius 3 is 2.71 bits per heavy atom. The Balaban J connectivity index is 2.17. The van der Waals surface area contributed by atoms with Crippen molar-refractivity contribution in [3.63, 3.8) is 0 Å². The lowest BCUT2D eigenvalue weighted by atomic mass is 9.95.